The number of rotatable bonds is 3. The van der Waals surface area contributed by atoms with E-state index in [0.717, 1.165) is 5.56 Å². The van der Waals surface area contributed by atoms with E-state index in [1.165, 1.54) is 18.7 Å². The fourth-order valence-corrected chi connectivity index (χ4v) is 2.58. The van der Waals surface area contributed by atoms with Gasteiger partial charge in [-0.05, 0) is 11.6 Å². The van der Waals surface area contributed by atoms with Crippen LogP contribution in [-0.2, 0) is 0 Å². The lowest BCUT2D eigenvalue weighted by molar-refractivity contribution is 0.636. The summed E-state index contributed by atoms with van der Waals surface area (Å²) in [7, 11) is 0. The van der Waals surface area contributed by atoms with Crippen LogP contribution in [0.25, 0.3) is 27.0 Å². The Hall–Kier alpha value is -3.79. The van der Waals surface area contributed by atoms with Crippen LogP contribution in [0.15, 0.2) is 55.1 Å². The molecule has 0 aliphatic carbocycles. The predicted molar refractivity (Wildman–Crippen MR) is 93.1 cm³/mol. The van der Waals surface area contributed by atoms with Crippen LogP contribution in [-0.4, -0.2) is 19.9 Å². The minimum atomic E-state index is -0.441. The van der Waals surface area contributed by atoms with E-state index in [1.807, 2.05) is 30.3 Å². The van der Waals surface area contributed by atoms with Crippen molar-refractivity contribution in [1.82, 2.24) is 19.9 Å². The quantitative estimate of drug-likeness (QED) is 0.544. The zero-order valence-electron chi connectivity index (χ0n) is 12.9. The van der Waals surface area contributed by atoms with Gasteiger partial charge in [0.25, 0.3) is 0 Å². The van der Waals surface area contributed by atoms with E-state index in [2.05, 4.69) is 30.1 Å². The van der Waals surface area contributed by atoms with Crippen molar-refractivity contribution in [2.24, 2.45) is 0 Å². The van der Waals surface area contributed by atoms with Crippen molar-refractivity contribution in [3.63, 3.8) is 0 Å². The summed E-state index contributed by atoms with van der Waals surface area (Å²) in [5, 5.41) is 2.87. The van der Waals surface area contributed by atoms with Crippen molar-refractivity contribution >= 4 is 28.4 Å². The number of aromatic amines is 1. The summed E-state index contributed by atoms with van der Waals surface area (Å²) in [6.45, 7) is 6.92. The fourth-order valence-electron chi connectivity index (χ4n) is 2.58. The van der Waals surface area contributed by atoms with Crippen molar-refractivity contribution in [3.05, 3.63) is 72.4 Å². The molecule has 0 radical (unpaired) electrons. The molecule has 2 N–H and O–H groups in total. The summed E-state index contributed by atoms with van der Waals surface area (Å²) in [5.74, 6) is -0.229. The standard InChI is InChI=1S/C18H11FN6/c1-20-12-8-21-18(22-9-12)25-13-7-14-17(24-10-23-14)15(16(13)19)11-5-3-2-4-6-11/h2-10H,(H,23,24)(H,21,22,25). The van der Waals surface area contributed by atoms with Crippen molar-refractivity contribution in [2.75, 3.05) is 5.32 Å². The molecule has 0 aliphatic rings. The van der Waals surface area contributed by atoms with Crippen LogP contribution in [0.5, 0.6) is 0 Å². The first kappa shape index (κ1) is 14.8. The Morgan fingerprint density at radius 1 is 1.08 bits per heavy atom. The van der Waals surface area contributed by atoms with Gasteiger partial charge in [0.2, 0.25) is 11.6 Å². The first-order valence-corrected chi connectivity index (χ1v) is 7.44. The second-order valence-electron chi connectivity index (χ2n) is 5.28. The molecule has 25 heavy (non-hydrogen) atoms. The van der Waals surface area contributed by atoms with E-state index in [9.17, 15) is 0 Å². The van der Waals surface area contributed by atoms with Crippen LogP contribution in [0.1, 0.15) is 0 Å². The number of anilines is 2. The summed E-state index contributed by atoms with van der Waals surface area (Å²) < 4.78 is 15.2. The normalized spacial score (nSPS) is 10.6. The second-order valence-corrected chi connectivity index (χ2v) is 5.28. The summed E-state index contributed by atoms with van der Waals surface area (Å²) in [6.07, 6.45) is 4.29. The first-order chi connectivity index (χ1) is 12.3. The third kappa shape index (κ3) is 2.66. The minimum absolute atomic E-state index is 0.212. The average molecular weight is 330 g/mol. The number of H-pyrrole nitrogens is 1. The van der Waals surface area contributed by atoms with E-state index in [1.54, 1.807) is 6.07 Å². The zero-order valence-corrected chi connectivity index (χ0v) is 12.9. The SMILES string of the molecule is [C-]#[N+]c1cnc(Nc2cc3[nH]cnc3c(-c3ccccc3)c2F)nc1. The van der Waals surface area contributed by atoms with Gasteiger partial charge >= 0.3 is 0 Å². The van der Waals surface area contributed by atoms with Gasteiger partial charge in [-0.15, -0.1) is 0 Å². The Balaban J connectivity index is 1.84. The summed E-state index contributed by atoms with van der Waals surface area (Å²) in [4.78, 5) is 18.5. The topological polar surface area (TPSA) is 70.8 Å². The number of hydrogen-bond donors (Lipinski definition) is 2. The largest absolute Gasteiger partial charge is 0.345 e. The Morgan fingerprint density at radius 2 is 1.84 bits per heavy atom. The van der Waals surface area contributed by atoms with E-state index in [0.29, 0.717) is 22.3 Å². The minimum Gasteiger partial charge on any atom is -0.345 e. The number of benzene rings is 2. The predicted octanol–water partition coefficient (Wildman–Crippen LogP) is 4.45. The highest BCUT2D eigenvalue weighted by Crippen LogP contribution is 2.35. The Morgan fingerprint density at radius 3 is 2.56 bits per heavy atom. The second kappa shape index (κ2) is 6.02. The van der Waals surface area contributed by atoms with Gasteiger partial charge in [0, 0.05) is 18.0 Å². The molecule has 0 fully saturated rings. The van der Waals surface area contributed by atoms with E-state index < -0.39 is 5.82 Å². The van der Waals surface area contributed by atoms with Gasteiger partial charge in [0.15, 0.2) is 5.82 Å². The molecule has 0 amide bonds. The van der Waals surface area contributed by atoms with Crippen LogP contribution in [0.3, 0.4) is 0 Å². The van der Waals surface area contributed by atoms with Crippen molar-refractivity contribution in [2.45, 2.75) is 0 Å². The molecule has 0 atom stereocenters. The lowest BCUT2D eigenvalue weighted by Crippen LogP contribution is -2.00. The van der Waals surface area contributed by atoms with Gasteiger partial charge < -0.3 is 10.3 Å². The summed E-state index contributed by atoms with van der Waals surface area (Å²) >= 11 is 0. The molecule has 120 valence electrons. The van der Waals surface area contributed by atoms with Gasteiger partial charge in [0.1, 0.15) is 0 Å². The summed E-state index contributed by atoms with van der Waals surface area (Å²) in [6, 6.07) is 10.8. The third-order valence-electron chi connectivity index (χ3n) is 3.73. The molecule has 7 heteroatoms. The average Bonchev–Trinajstić information content (AvgIpc) is 3.11. The molecule has 4 rings (SSSR count). The van der Waals surface area contributed by atoms with Crippen molar-refractivity contribution in [1.29, 1.82) is 0 Å². The van der Waals surface area contributed by atoms with Crippen molar-refractivity contribution in [3.8, 4) is 11.1 Å². The highest BCUT2D eigenvalue weighted by Gasteiger charge is 2.17. The third-order valence-corrected chi connectivity index (χ3v) is 3.73. The van der Waals surface area contributed by atoms with Gasteiger partial charge in [-0.2, -0.15) is 0 Å². The Kier molecular flexibility index (Phi) is 3.56. The number of halogens is 1. The Bertz CT molecular complexity index is 1080. The Labute approximate surface area is 142 Å². The van der Waals surface area contributed by atoms with Crippen LogP contribution >= 0.6 is 0 Å². The molecular formula is C18H11FN6. The maximum absolute atomic E-state index is 15.2. The van der Waals surface area contributed by atoms with Crippen LogP contribution in [0, 0.1) is 12.4 Å². The van der Waals surface area contributed by atoms with Gasteiger partial charge in [0.05, 0.1) is 29.6 Å². The molecule has 0 unspecified atom stereocenters. The van der Waals surface area contributed by atoms with E-state index >= 15 is 4.39 Å². The molecule has 0 saturated carbocycles. The van der Waals surface area contributed by atoms with Gasteiger partial charge in [-0.1, -0.05) is 30.3 Å². The molecule has 0 saturated heterocycles. The highest BCUT2D eigenvalue weighted by atomic mass is 19.1. The number of fused-ring (bicyclic) bond motifs is 1. The molecule has 2 heterocycles. The van der Waals surface area contributed by atoms with Gasteiger partial charge in [-0.25, -0.2) is 24.2 Å². The molecule has 2 aromatic carbocycles. The maximum atomic E-state index is 15.2. The van der Waals surface area contributed by atoms with Crippen LogP contribution in [0.4, 0.5) is 21.7 Å². The molecule has 0 spiro atoms. The smallest absolute Gasteiger partial charge is 0.224 e. The monoisotopic (exact) mass is 330 g/mol. The molecule has 0 aliphatic heterocycles. The zero-order chi connectivity index (χ0) is 17.2. The molecule has 4 aromatic rings. The van der Waals surface area contributed by atoms with Crippen LogP contribution in [0.2, 0.25) is 0 Å². The molecule has 6 nitrogen and oxygen atoms in total. The van der Waals surface area contributed by atoms with E-state index in [4.69, 9.17) is 6.57 Å². The lowest BCUT2D eigenvalue weighted by atomic mass is 10.0. The molecule has 0 bridgehead atoms. The van der Waals surface area contributed by atoms with Crippen molar-refractivity contribution < 1.29 is 4.39 Å². The number of imidazole rings is 1. The number of nitrogens with one attached hydrogen (secondary N) is 2. The first-order valence-electron chi connectivity index (χ1n) is 7.44. The van der Waals surface area contributed by atoms with E-state index in [-0.39, 0.29) is 11.6 Å². The molecule has 2 aromatic heterocycles. The number of aromatic nitrogens is 4. The maximum Gasteiger partial charge on any atom is 0.224 e. The summed E-state index contributed by atoms with van der Waals surface area (Å²) in [5.41, 5.74) is 2.93. The molecular weight excluding hydrogens is 319 g/mol. The fraction of sp³-hybridized carbons (Fsp3) is 0. The number of nitrogens with zero attached hydrogens (tertiary/aromatic N) is 4. The lowest BCUT2D eigenvalue weighted by Gasteiger charge is -2.11. The number of hydrogen-bond acceptors (Lipinski definition) is 4. The highest BCUT2D eigenvalue weighted by molar-refractivity contribution is 5.95. The van der Waals surface area contributed by atoms with Crippen LogP contribution < -0.4 is 5.32 Å². The van der Waals surface area contributed by atoms with Gasteiger partial charge in [-0.3, -0.25) is 0 Å².